The molecule has 126 valence electrons. The van der Waals surface area contributed by atoms with E-state index >= 15 is 0 Å². The van der Waals surface area contributed by atoms with Crippen LogP contribution in [0.3, 0.4) is 0 Å². The third kappa shape index (κ3) is 4.71. The quantitative estimate of drug-likeness (QED) is 0.691. The Balaban J connectivity index is 1.49. The maximum atomic E-state index is 11.8. The first-order chi connectivity index (χ1) is 12.2. The molecule has 0 atom stereocenters. The zero-order valence-electron chi connectivity index (χ0n) is 13.2. The van der Waals surface area contributed by atoms with E-state index in [1.165, 1.54) is 12.3 Å². The van der Waals surface area contributed by atoms with Crippen LogP contribution in [-0.4, -0.2) is 18.5 Å². The number of esters is 1. The second-order valence-electron chi connectivity index (χ2n) is 5.04. The van der Waals surface area contributed by atoms with Crippen LogP contribution in [0.5, 0.6) is 11.5 Å². The molecule has 1 amide bonds. The molecular formula is C19H15NO5. The van der Waals surface area contributed by atoms with Crippen molar-refractivity contribution in [3.8, 4) is 11.5 Å². The van der Waals surface area contributed by atoms with E-state index < -0.39 is 18.5 Å². The third-order valence-electron chi connectivity index (χ3n) is 3.17. The van der Waals surface area contributed by atoms with Crippen LogP contribution in [0.25, 0.3) is 0 Å². The average molecular weight is 337 g/mol. The molecule has 0 radical (unpaired) electrons. The van der Waals surface area contributed by atoms with E-state index in [1.54, 1.807) is 30.3 Å². The Morgan fingerprint density at radius 2 is 1.60 bits per heavy atom. The number of hydrogen-bond donors (Lipinski definition) is 1. The van der Waals surface area contributed by atoms with Crippen molar-refractivity contribution < 1.29 is 23.5 Å². The number of para-hydroxylation sites is 1. The van der Waals surface area contributed by atoms with E-state index in [2.05, 4.69) is 5.32 Å². The van der Waals surface area contributed by atoms with E-state index in [0.29, 0.717) is 11.4 Å². The summed E-state index contributed by atoms with van der Waals surface area (Å²) in [7, 11) is 0. The standard InChI is InChI=1S/C19H15NO5/c21-18(13-24-19(22)17-7-4-12-23-17)20-14-8-10-16(11-9-14)25-15-5-2-1-3-6-15/h1-12H,13H2,(H,20,21). The summed E-state index contributed by atoms with van der Waals surface area (Å²) in [5.41, 5.74) is 0.569. The molecule has 3 rings (SSSR count). The Hall–Kier alpha value is -3.54. The van der Waals surface area contributed by atoms with Crippen molar-refractivity contribution in [1.82, 2.24) is 0 Å². The van der Waals surface area contributed by atoms with Crippen LogP contribution in [-0.2, 0) is 9.53 Å². The van der Waals surface area contributed by atoms with Gasteiger partial charge in [0.25, 0.3) is 5.91 Å². The number of carbonyl (C=O) groups excluding carboxylic acids is 2. The molecule has 0 aliphatic rings. The van der Waals surface area contributed by atoms with Crippen molar-refractivity contribution >= 4 is 17.6 Å². The largest absolute Gasteiger partial charge is 0.457 e. The van der Waals surface area contributed by atoms with Crippen LogP contribution < -0.4 is 10.1 Å². The van der Waals surface area contributed by atoms with Crippen LogP contribution >= 0.6 is 0 Å². The predicted molar refractivity (Wildman–Crippen MR) is 90.6 cm³/mol. The molecule has 1 N–H and O–H groups in total. The maximum absolute atomic E-state index is 11.8. The minimum Gasteiger partial charge on any atom is -0.457 e. The van der Waals surface area contributed by atoms with Gasteiger partial charge in [0.2, 0.25) is 5.76 Å². The number of nitrogens with one attached hydrogen (secondary N) is 1. The van der Waals surface area contributed by atoms with E-state index in [4.69, 9.17) is 13.9 Å². The molecule has 0 aliphatic heterocycles. The number of amides is 1. The van der Waals surface area contributed by atoms with Crippen LogP contribution in [0.2, 0.25) is 0 Å². The number of anilines is 1. The Morgan fingerprint density at radius 1 is 0.880 bits per heavy atom. The maximum Gasteiger partial charge on any atom is 0.374 e. The first kappa shape index (κ1) is 16.3. The smallest absolute Gasteiger partial charge is 0.374 e. The Bertz CT molecular complexity index is 826. The second-order valence-corrected chi connectivity index (χ2v) is 5.04. The molecule has 0 unspecified atom stereocenters. The first-order valence-electron chi connectivity index (χ1n) is 7.54. The van der Waals surface area contributed by atoms with Gasteiger partial charge in [0.1, 0.15) is 11.5 Å². The minimum atomic E-state index is -0.688. The molecule has 25 heavy (non-hydrogen) atoms. The monoisotopic (exact) mass is 337 g/mol. The van der Waals surface area contributed by atoms with Crippen molar-refractivity contribution in [2.75, 3.05) is 11.9 Å². The third-order valence-corrected chi connectivity index (χ3v) is 3.17. The van der Waals surface area contributed by atoms with Gasteiger partial charge in [0.05, 0.1) is 6.26 Å². The summed E-state index contributed by atoms with van der Waals surface area (Å²) in [4.78, 5) is 23.4. The SMILES string of the molecule is O=C(COC(=O)c1ccco1)Nc1ccc(Oc2ccccc2)cc1. The van der Waals surface area contributed by atoms with Gasteiger partial charge >= 0.3 is 5.97 Å². The molecule has 0 aliphatic carbocycles. The highest BCUT2D eigenvalue weighted by Crippen LogP contribution is 2.22. The van der Waals surface area contributed by atoms with Gasteiger partial charge in [-0.2, -0.15) is 0 Å². The number of carbonyl (C=O) groups is 2. The molecule has 0 fully saturated rings. The minimum absolute atomic E-state index is 0.0511. The van der Waals surface area contributed by atoms with Crippen molar-refractivity contribution in [1.29, 1.82) is 0 Å². The number of furan rings is 1. The van der Waals surface area contributed by atoms with Gasteiger partial charge in [-0.1, -0.05) is 18.2 Å². The fourth-order valence-corrected chi connectivity index (χ4v) is 2.02. The Labute approximate surface area is 144 Å². The van der Waals surface area contributed by atoms with Crippen LogP contribution in [0.4, 0.5) is 5.69 Å². The van der Waals surface area contributed by atoms with E-state index in [1.807, 2.05) is 30.3 Å². The fraction of sp³-hybridized carbons (Fsp3) is 0.0526. The normalized spacial score (nSPS) is 10.1. The highest BCUT2D eigenvalue weighted by atomic mass is 16.5. The number of benzene rings is 2. The van der Waals surface area contributed by atoms with Gasteiger partial charge < -0.3 is 19.2 Å². The molecule has 0 spiro atoms. The van der Waals surface area contributed by atoms with Crippen molar-refractivity contribution in [2.45, 2.75) is 0 Å². The van der Waals surface area contributed by atoms with Gasteiger partial charge in [0.15, 0.2) is 6.61 Å². The average Bonchev–Trinajstić information content (AvgIpc) is 3.17. The summed E-state index contributed by atoms with van der Waals surface area (Å²) < 4.78 is 15.4. The highest BCUT2D eigenvalue weighted by molar-refractivity contribution is 5.94. The molecule has 1 heterocycles. The van der Waals surface area contributed by atoms with E-state index in [0.717, 1.165) is 5.75 Å². The van der Waals surface area contributed by atoms with Gasteiger partial charge in [-0.25, -0.2) is 4.79 Å². The van der Waals surface area contributed by atoms with E-state index in [-0.39, 0.29) is 5.76 Å². The summed E-state index contributed by atoms with van der Waals surface area (Å²) in [5, 5.41) is 2.63. The molecule has 6 heteroatoms. The lowest BCUT2D eigenvalue weighted by Gasteiger charge is -2.08. The number of ether oxygens (including phenoxy) is 2. The molecule has 1 aromatic heterocycles. The van der Waals surface area contributed by atoms with Crippen molar-refractivity contribution in [3.63, 3.8) is 0 Å². The summed E-state index contributed by atoms with van der Waals surface area (Å²) in [5.74, 6) is 0.288. The molecule has 0 saturated heterocycles. The molecule has 3 aromatic rings. The Morgan fingerprint density at radius 3 is 2.28 bits per heavy atom. The highest BCUT2D eigenvalue weighted by Gasteiger charge is 2.12. The number of hydrogen-bond acceptors (Lipinski definition) is 5. The zero-order valence-corrected chi connectivity index (χ0v) is 13.2. The predicted octanol–water partition coefficient (Wildman–Crippen LogP) is 3.87. The molecular weight excluding hydrogens is 322 g/mol. The summed E-state index contributed by atoms with van der Waals surface area (Å²) in [6.07, 6.45) is 1.36. The first-order valence-corrected chi connectivity index (χ1v) is 7.54. The van der Waals surface area contributed by atoms with Crippen LogP contribution in [0.1, 0.15) is 10.6 Å². The van der Waals surface area contributed by atoms with Gasteiger partial charge in [-0.05, 0) is 48.5 Å². The van der Waals surface area contributed by atoms with Crippen molar-refractivity contribution in [2.24, 2.45) is 0 Å². The summed E-state index contributed by atoms with van der Waals surface area (Å²) in [6, 6.07) is 19.3. The van der Waals surface area contributed by atoms with Crippen LogP contribution in [0.15, 0.2) is 77.4 Å². The molecule has 6 nitrogen and oxygen atoms in total. The number of rotatable bonds is 6. The van der Waals surface area contributed by atoms with Crippen molar-refractivity contribution in [3.05, 3.63) is 78.8 Å². The van der Waals surface area contributed by atoms with Gasteiger partial charge in [0, 0.05) is 5.69 Å². The lowest BCUT2D eigenvalue weighted by molar-refractivity contribution is -0.119. The lowest BCUT2D eigenvalue weighted by atomic mass is 10.3. The summed E-state index contributed by atoms with van der Waals surface area (Å²) in [6.45, 7) is -0.401. The topological polar surface area (TPSA) is 77.8 Å². The van der Waals surface area contributed by atoms with Crippen LogP contribution in [0, 0.1) is 0 Å². The second kappa shape index (κ2) is 7.83. The summed E-state index contributed by atoms with van der Waals surface area (Å²) >= 11 is 0. The molecule has 0 saturated carbocycles. The Kier molecular flexibility index (Phi) is 5.11. The lowest BCUT2D eigenvalue weighted by Crippen LogP contribution is -2.20. The molecule has 2 aromatic carbocycles. The molecule has 0 bridgehead atoms. The van der Waals surface area contributed by atoms with Gasteiger partial charge in [-0.3, -0.25) is 4.79 Å². The van der Waals surface area contributed by atoms with E-state index in [9.17, 15) is 9.59 Å². The van der Waals surface area contributed by atoms with Gasteiger partial charge in [-0.15, -0.1) is 0 Å². The zero-order chi connectivity index (χ0) is 17.5. The fourth-order valence-electron chi connectivity index (χ4n) is 2.02.